The van der Waals surface area contributed by atoms with Crippen LogP contribution in [0.25, 0.3) is 16.9 Å². The third-order valence-corrected chi connectivity index (χ3v) is 5.81. The number of hydrogen-bond acceptors (Lipinski definition) is 3. The molecule has 3 aromatic carbocycles. The van der Waals surface area contributed by atoms with Gasteiger partial charge in [0.2, 0.25) is 0 Å². The second-order valence-electron chi connectivity index (χ2n) is 7.75. The molecule has 0 saturated heterocycles. The number of rotatable bonds is 6. The number of carboxylic acids is 1. The van der Waals surface area contributed by atoms with Crippen molar-refractivity contribution in [1.29, 1.82) is 0 Å². The summed E-state index contributed by atoms with van der Waals surface area (Å²) in [6.45, 7) is 2.10. The highest BCUT2D eigenvalue weighted by atomic mass is 35.5. The van der Waals surface area contributed by atoms with Crippen molar-refractivity contribution in [2.75, 3.05) is 11.4 Å². The predicted octanol–water partition coefficient (Wildman–Crippen LogP) is 6.58. The molecule has 0 aliphatic heterocycles. The molecule has 1 heterocycles. The van der Waals surface area contributed by atoms with Gasteiger partial charge in [0.1, 0.15) is 0 Å². The zero-order valence-electron chi connectivity index (χ0n) is 18.8. The van der Waals surface area contributed by atoms with Gasteiger partial charge in [0.05, 0.1) is 22.0 Å². The van der Waals surface area contributed by atoms with Gasteiger partial charge in [-0.2, -0.15) is 18.3 Å². The van der Waals surface area contributed by atoms with Gasteiger partial charge in [0.25, 0.3) is 5.91 Å². The molecule has 4 aromatic rings. The van der Waals surface area contributed by atoms with Crippen LogP contribution in [-0.4, -0.2) is 33.3 Å². The summed E-state index contributed by atoms with van der Waals surface area (Å²) in [7, 11) is 0. The van der Waals surface area contributed by atoms with Gasteiger partial charge in [-0.15, -0.1) is 0 Å². The Kier molecular flexibility index (Phi) is 6.85. The number of anilines is 1. The highest BCUT2D eigenvalue weighted by Crippen LogP contribution is 2.34. The Bertz CT molecular complexity index is 1420. The zero-order chi connectivity index (χ0) is 26.0. The van der Waals surface area contributed by atoms with Gasteiger partial charge in [0, 0.05) is 23.4 Å². The Morgan fingerprint density at radius 3 is 2.14 bits per heavy atom. The highest BCUT2D eigenvalue weighted by molar-refractivity contribution is 6.32. The lowest BCUT2D eigenvalue weighted by molar-refractivity contribution is -0.141. The van der Waals surface area contributed by atoms with Crippen LogP contribution in [0.3, 0.4) is 0 Å². The number of halogens is 4. The predicted molar refractivity (Wildman–Crippen MR) is 130 cm³/mol. The molecule has 0 spiro atoms. The van der Waals surface area contributed by atoms with Crippen LogP contribution in [-0.2, 0) is 6.18 Å². The van der Waals surface area contributed by atoms with Crippen LogP contribution in [0.15, 0.2) is 78.9 Å². The first kappa shape index (κ1) is 25.0. The number of aromatic nitrogens is 2. The van der Waals surface area contributed by atoms with Crippen molar-refractivity contribution >= 4 is 29.2 Å². The van der Waals surface area contributed by atoms with E-state index in [0.29, 0.717) is 23.4 Å². The summed E-state index contributed by atoms with van der Waals surface area (Å²) in [4.78, 5) is 25.7. The Morgan fingerprint density at radius 2 is 1.58 bits per heavy atom. The molecule has 0 unspecified atom stereocenters. The number of carbonyl (C=O) groups excluding carboxylic acids is 1. The van der Waals surface area contributed by atoms with Crippen molar-refractivity contribution in [3.8, 4) is 16.9 Å². The maximum Gasteiger partial charge on any atom is 0.435 e. The van der Waals surface area contributed by atoms with Crippen molar-refractivity contribution in [1.82, 2.24) is 9.78 Å². The summed E-state index contributed by atoms with van der Waals surface area (Å²) in [6, 6.07) is 19.4. The van der Waals surface area contributed by atoms with E-state index in [1.807, 2.05) is 0 Å². The second-order valence-corrected chi connectivity index (χ2v) is 8.16. The maximum atomic E-state index is 13.4. The van der Waals surface area contributed by atoms with Gasteiger partial charge in [-0.1, -0.05) is 35.9 Å². The van der Waals surface area contributed by atoms with Crippen LogP contribution < -0.4 is 4.90 Å². The molecule has 0 aliphatic carbocycles. The summed E-state index contributed by atoms with van der Waals surface area (Å²) in [5, 5.41) is 13.0. The van der Waals surface area contributed by atoms with E-state index >= 15 is 0 Å². The van der Waals surface area contributed by atoms with E-state index in [0.717, 1.165) is 10.7 Å². The molecule has 0 atom stereocenters. The van der Waals surface area contributed by atoms with Crippen molar-refractivity contribution < 1.29 is 27.9 Å². The third kappa shape index (κ3) is 4.96. The number of hydrogen-bond donors (Lipinski definition) is 1. The standard InChI is InChI=1S/C26H19ClF3N3O3/c1-2-32(19-13-11-18(12-14-19)25(35)36)24(34)17-9-7-16(8-10-17)22-15-23(26(28,29)30)31-33(22)21-6-4-3-5-20(21)27/h3-15H,2H2,1H3,(H,35,36). The molecule has 0 bridgehead atoms. The maximum absolute atomic E-state index is 13.4. The summed E-state index contributed by atoms with van der Waals surface area (Å²) in [5.41, 5.74) is 0.701. The van der Waals surface area contributed by atoms with Crippen LogP contribution in [0.2, 0.25) is 5.02 Å². The topological polar surface area (TPSA) is 75.4 Å². The van der Waals surface area contributed by atoms with E-state index in [9.17, 15) is 22.8 Å². The first-order chi connectivity index (χ1) is 17.1. The Balaban J connectivity index is 1.69. The first-order valence-corrected chi connectivity index (χ1v) is 11.2. The second kappa shape index (κ2) is 9.87. The summed E-state index contributed by atoms with van der Waals surface area (Å²) < 4.78 is 41.5. The highest BCUT2D eigenvalue weighted by Gasteiger charge is 2.35. The van der Waals surface area contributed by atoms with Gasteiger partial charge in [-0.05, 0) is 61.5 Å². The van der Waals surface area contributed by atoms with Gasteiger partial charge >= 0.3 is 12.1 Å². The van der Waals surface area contributed by atoms with Gasteiger partial charge < -0.3 is 10.0 Å². The van der Waals surface area contributed by atoms with Gasteiger partial charge in [-0.3, -0.25) is 4.79 Å². The molecule has 6 nitrogen and oxygen atoms in total. The van der Waals surface area contributed by atoms with E-state index in [-0.39, 0.29) is 27.9 Å². The van der Waals surface area contributed by atoms with E-state index < -0.39 is 17.8 Å². The fraction of sp³-hybridized carbons (Fsp3) is 0.115. The van der Waals surface area contributed by atoms with E-state index in [4.69, 9.17) is 16.7 Å². The molecule has 1 amide bonds. The van der Waals surface area contributed by atoms with Crippen LogP contribution in [0.5, 0.6) is 0 Å². The van der Waals surface area contributed by atoms with E-state index in [1.165, 1.54) is 29.2 Å². The molecule has 0 fully saturated rings. The third-order valence-electron chi connectivity index (χ3n) is 5.50. The smallest absolute Gasteiger partial charge is 0.435 e. The fourth-order valence-electron chi connectivity index (χ4n) is 3.70. The normalized spacial score (nSPS) is 11.4. The van der Waals surface area contributed by atoms with E-state index in [1.54, 1.807) is 55.5 Å². The van der Waals surface area contributed by atoms with Crippen LogP contribution >= 0.6 is 11.6 Å². The molecule has 184 valence electrons. The Labute approximate surface area is 209 Å². The van der Waals surface area contributed by atoms with Crippen LogP contribution in [0.1, 0.15) is 33.3 Å². The van der Waals surface area contributed by atoms with Crippen molar-refractivity contribution in [3.63, 3.8) is 0 Å². The molecular weight excluding hydrogens is 495 g/mol. The Hall–Kier alpha value is -4.11. The number of alkyl halides is 3. The van der Waals surface area contributed by atoms with Crippen molar-refractivity contribution in [2.45, 2.75) is 13.1 Å². The largest absolute Gasteiger partial charge is 0.478 e. The molecule has 0 aliphatic rings. The SMILES string of the molecule is CCN(C(=O)c1ccc(-c2cc(C(F)(F)F)nn2-c2ccccc2Cl)cc1)c1ccc(C(=O)O)cc1. The molecule has 4 rings (SSSR count). The molecule has 36 heavy (non-hydrogen) atoms. The fourth-order valence-corrected chi connectivity index (χ4v) is 3.91. The van der Waals surface area contributed by atoms with Gasteiger partial charge in [0.15, 0.2) is 5.69 Å². The minimum Gasteiger partial charge on any atom is -0.478 e. The summed E-state index contributed by atoms with van der Waals surface area (Å²) in [5.74, 6) is -1.42. The molecule has 0 radical (unpaired) electrons. The quantitative estimate of drug-likeness (QED) is 0.316. The van der Waals surface area contributed by atoms with Crippen molar-refractivity contribution in [2.24, 2.45) is 0 Å². The average molecular weight is 514 g/mol. The zero-order valence-corrected chi connectivity index (χ0v) is 19.6. The molecular formula is C26H19ClF3N3O3. The molecule has 1 aromatic heterocycles. The molecule has 0 saturated carbocycles. The van der Waals surface area contributed by atoms with Gasteiger partial charge in [-0.25, -0.2) is 9.48 Å². The molecule has 10 heteroatoms. The van der Waals surface area contributed by atoms with E-state index in [2.05, 4.69) is 5.10 Å². The molecule has 1 N–H and O–H groups in total. The lowest BCUT2D eigenvalue weighted by Gasteiger charge is -2.21. The van der Waals surface area contributed by atoms with Crippen molar-refractivity contribution in [3.05, 3.63) is 101 Å². The number of nitrogens with zero attached hydrogens (tertiary/aromatic N) is 3. The number of para-hydroxylation sites is 1. The summed E-state index contributed by atoms with van der Waals surface area (Å²) >= 11 is 6.22. The van der Waals surface area contributed by atoms with Crippen LogP contribution in [0, 0.1) is 0 Å². The minimum absolute atomic E-state index is 0.0972. The number of carbonyl (C=O) groups is 2. The number of carboxylic acid groups (broad SMARTS) is 1. The minimum atomic E-state index is -4.66. The number of benzene rings is 3. The lowest BCUT2D eigenvalue weighted by Crippen LogP contribution is -2.30. The average Bonchev–Trinajstić information content (AvgIpc) is 3.31. The monoisotopic (exact) mass is 513 g/mol. The van der Waals surface area contributed by atoms with Crippen LogP contribution in [0.4, 0.5) is 18.9 Å². The Morgan fingerprint density at radius 1 is 0.972 bits per heavy atom. The lowest BCUT2D eigenvalue weighted by atomic mass is 10.1. The number of aromatic carboxylic acids is 1. The number of amides is 1. The first-order valence-electron chi connectivity index (χ1n) is 10.8. The summed E-state index contributed by atoms with van der Waals surface area (Å²) in [6.07, 6.45) is -4.66.